The van der Waals surface area contributed by atoms with Gasteiger partial charge < -0.3 is 10.4 Å². The molecule has 7 heteroatoms. The number of nitrogens with one attached hydrogen (secondary N) is 1. The van der Waals surface area contributed by atoms with Gasteiger partial charge in [0.25, 0.3) is 0 Å². The van der Waals surface area contributed by atoms with Crippen LogP contribution in [0.5, 0.6) is 0 Å². The topological polar surface area (TPSA) is 78.8 Å². The van der Waals surface area contributed by atoms with Gasteiger partial charge in [-0.2, -0.15) is 0 Å². The van der Waals surface area contributed by atoms with Gasteiger partial charge >= 0.3 is 11.5 Å². The van der Waals surface area contributed by atoms with E-state index in [9.17, 15) is 10.4 Å². The molecule has 3 rings (SSSR count). The van der Waals surface area contributed by atoms with E-state index < -0.39 is 0 Å². The van der Waals surface area contributed by atoms with Gasteiger partial charge in [0.05, 0.1) is 6.04 Å². The van der Waals surface area contributed by atoms with Crippen LogP contribution >= 0.6 is 11.6 Å². The number of fused-ring (bicyclic) bond motifs is 1. The number of halogens is 1. The normalized spacial score (nSPS) is 15.6. The zero-order valence-electron chi connectivity index (χ0n) is 9.47. The number of hydrogen-bond acceptors (Lipinski definition) is 4. The molecule has 0 atom stereocenters. The lowest BCUT2D eigenvalue weighted by Gasteiger charge is -2.23. The lowest BCUT2D eigenvalue weighted by Crippen LogP contribution is -2.46. The van der Waals surface area contributed by atoms with E-state index in [1.165, 1.54) is 12.1 Å². The van der Waals surface area contributed by atoms with Crippen LogP contribution in [0.3, 0.4) is 0 Å². The summed E-state index contributed by atoms with van der Waals surface area (Å²) in [5.74, 6) is 0.0459. The van der Waals surface area contributed by atoms with Crippen molar-refractivity contribution in [3.63, 3.8) is 0 Å². The van der Waals surface area contributed by atoms with Crippen molar-refractivity contribution in [2.24, 2.45) is 0 Å². The number of benzene rings is 1. The average molecular weight is 267 g/mol. The van der Waals surface area contributed by atoms with Crippen LogP contribution in [0.15, 0.2) is 18.2 Å². The predicted octanol–water partition coefficient (Wildman–Crippen LogP) is 1.12. The summed E-state index contributed by atoms with van der Waals surface area (Å²) in [4.78, 5) is 0.427. The molecule has 1 fully saturated rings. The minimum Gasteiger partial charge on any atom is -0.739 e. The van der Waals surface area contributed by atoms with Gasteiger partial charge in [-0.05, 0) is 31.4 Å². The smallest absolute Gasteiger partial charge is 0.461 e. The molecule has 0 amide bonds. The Morgan fingerprint density at radius 1 is 1.28 bits per heavy atom. The van der Waals surface area contributed by atoms with E-state index in [0.29, 0.717) is 14.6 Å². The maximum atomic E-state index is 12.1. The van der Waals surface area contributed by atoms with Crippen LogP contribution in [0.2, 0.25) is 5.02 Å². The van der Waals surface area contributed by atoms with Crippen molar-refractivity contribution >= 4 is 28.6 Å². The molecule has 2 aromatic rings. The molecule has 1 aromatic heterocycles. The summed E-state index contributed by atoms with van der Waals surface area (Å²) >= 11 is 5.79. The fraction of sp³-hybridized carbons (Fsp3) is 0.364. The number of rotatable bonds is 2. The van der Waals surface area contributed by atoms with Gasteiger partial charge in [-0.1, -0.05) is 11.6 Å². The highest BCUT2D eigenvalue weighted by molar-refractivity contribution is 6.31. The van der Waals surface area contributed by atoms with Gasteiger partial charge in [-0.25, -0.2) is 4.73 Å². The lowest BCUT2D eigenvalue weighted by atomic mass is 9.93. The second kappa shape index (κ2) is 4.13. The Hall–Kier alpha value is -1.82. The van der Waals surface area contributed by atoms with Crippen LogP contribution in [0.25, 0.3) is 11.0 Å². The fourth-order valence-corrected chi connectivity index (χ4v) is 2.11. The Morgan fingerprint density at radius 3 is 2.72 bits per heavy atom. The molecule has 1 heterocycles. The van der Waals surface area contributed by atoms with E-state index in [1.807, 2.05) is 0 Å². The third kappa shape index (κ3) is 1.78. The summed E-state index contributed by atoms with van der Waals surface area (Å²) in [6.45, 7) is 0. The van der Waals surface area contributed by atoms with Gasteiger partial charge in [0.2, 0.25) is 5.10 Å². The molecule has 18 heavy (non-hydrogen) atoms. The van der Waals surface area contributed by atoms with E-state index in [-0.39, 0.29) is 23.0 Å². The highest BCUT2D eigenvalue weighted by Crippen LogP contribution is 2.21. The maximum Gasteiger partial charge on any atom is 0.461 e. The Bertz CT molecular complexity index is 616. The summed E-state index contributed by atoms with van der Waals surface area (Å²) in [6.07, 6.45) is 3.13. The number of nitrogens with zero attached hydrogens (tertiary/aromatic N) is 3. The molecule has 0 unspecified atom stereocenters. The summed E-state index contributed by atoms with van der Waals surface area (Å²) in [6, 6.07) is 4.76. The summed E-state index contributed by atoms with van der Waals surface area (Å²) < 4.78 is 0.637. The van der Waals surface area contributed by atoms with Crippen molar-refractivity contribution in [2.75, 3.05) is 5.32 Å². The zero-order valence-corrected chi connectivity index (χ0v) is 10.2. The van der Waals surface area contributed by atoms with Gasteiger partial charge in [0.1, 0.15) is 0 Å². The lowest BCUT2D eigenvalue weighted by molar-refractivity contribution is -0.672. The van der Waals surface area contributed by atoms with Gasteiger partial charge in [-0.3, -0.25) is 5.32 Å². The van der Waals surface area contributed by atoms with Crippen molar-refractivity contribution in [1.29, 1.82) is 0 Å². The molecular weight excluding hydrogens is 256 g/mol. The molecule has 0 saturated heterocycles. The molecule has 94 valence electrons. The van der Waals surface area contributed by atoms with E-state index in [0.717, 1.165) is 19.3 Å². The van der Waals surface area contributed by atoms with Gasteiger partial charge in [0, 0.05) is 15.9 Å². The Morgan fingerprint density at radius 2 is 2.06 bits per heavy atom. The molecule has 1 N–H and O–H groups in total. The second-order valence-corrected chi connectivity index (χ2v) is 4.83. The van der Waals surface area contributed by atoms with E-state index in [1.54, 1.807) is 6.07 Å². The number of aromatic nitrogens is 3. The number of anilines is 1. The largest absolute Gasteiger partial charge is 0.739 e. The molecule has 1 aliphatic rings. The molecule has 1 saturated carbocycles. The number of hydrogen-bond donors (Lipinski definition) is 1. The summed E-state index contributed by atoms with van der Waals surface area (Å²) in [5.41, 5.74) is 0.419. The Kier molecular flexibility index (Phi) is 2.59. The predicted molar refractivity (Wildman–Crippen MR) is 65.9 cm³/mol. The quantitative estimate of drug-likeness (QED) is 0.653. The molecule has 0 bridgehead atoms. The van der Waals surface area contributed by atoms with Crippen molar-refractivity contribution in [1.82, 2.24) is 5.10 Å². The first-order valence-corrected chi connectivity index (χ1v) is 6.12. The van der Waals surface area contributed by atoms with Crippen LogP contribution in [0.1, 0.15) is 19.3 Å². The first kappa shape index (κ1) is 11.3. The van der Waals surface area contributed by atoms with E-state index in [2.05, 4.69) is 10.4 Å². The van der Waals surface area contributed by atoms with E-state index in [4.69, 9.17) is 11.6 Å². The first-order chi connectivity index (χ1) is 8.65. The van der Waals surface area contributed by atoms with Gasteiger partial charge in [-0.15, -0.1) is 0 Å². The SMILES string of the molecule is [O-][n+]1nc(NC2CCC2)[n+]([O-])c2ccc(Cl)cc21. The molecule has 1 aliphatic carbocycles. The zero-order chi connectivity index (χ0) is 12.7. The average Bonchev–Trinajstić information content (AvgIpc) is 2.29. The van der Waals surface area contributed by atoms with Crippen LogP contribution in [-0.2, 0) is 0 Å². The fourth-order valence-electron chi connectivity index (χ4n) is 1.94. The highest BCUT2D eigenvalue weighted by atomic mass is 35.5. The standard InChI is InChI=1S/C11H11ClN4O2/c12-7-4-5-9-10(6-7)16(18)14-11(15(9)17)13-8-2-1-3-8/h4-6,8H,1-3H2,(H,13,14). The first-order valence-electron chi connectivity index (χ1n) is 5.74. The molecule has 0 radical (unpaired) electrons. The molecule has 1 aromatic carbocycles. The third-order valence-electron chi connectivity index (χ3n) is 3.18. The molecule has 6 nitrogen and oxygen atoms in total. The van der Waals surface area contributed by atoms with Crippen molar-refractivity contribution in [2.45, 2.75) is 25.3 Å². The third-order valence-corrected chi connectivity index (χ3v) is 3.41. The monoisotopic (exact) mass is 266 g/mol. The highest BCUT2D eigenvalue weighted by Gasteiger charge is 2.27. The second-order valence-electron chi connectivity index (χ2n) is 4.40. The Labute approximate surface area is 108 Å². The summed E-state index contributed by atoms with van der Waals surface area (Å²) in [5, 5.41) is 30.9. The van der Waals surface area contributed by atoms with Gasteiger partial charge in [0.15, 0.2) is 5.52 Å². The van der Waals surface area contributed by atoms with Crippen molar-refractivity contribution in [3.8, 4) is 0 Å². The minimum absolute atomic E-state index is 0.0459. The van der Waals surface area contributed by atoms with E-state index >= 15 is 0 Å². The van der Waals surface area contributed by atoms with Crippen LogP contribution < -0.4 is 14.9 Å². The summed E-state index contributed by atoms with van der Waals surface area (Å²) in [7, 11) is 0. The van der Waals surface area contributed by atoms with Crippen LogP contribution in [-0.4, -0.2) is 11.1 Å². The molecular formula is C11H11ClN4O2. The van der Waals surface area contributed by atoms with Crippen molar-refractivity contribution in [3.05, 3.63) is 33.6 Å². The van der Waals surface area contributed by atoms with Crippen LogP contribution in [0.4, 0.5) is 5.95 Å². The minimum atomic E-state index is 0.0459. The maximum absolute atomic E-state index is 12.1. The Balaban J connectivity index is 2.10. The molecule has 0 spiro atoms. The van der Waals surface area contributed by atoms with Crippen LogP contribution in [0, 0.1) is 10.4 Å². The van der Waals surface area contributed by atoms with Crippen molar-refractivity contribution < 1.29 is 9.58 Å². The molecule has 0 aliphatic heterocycles.